The number of hydrogen-bond donors (Lipinski definition) is 1. The second-order valence-corrected chi connectivity index (χ2v) is 6.89. The number of methoxy groups -OCH3 is 1. The number of benzene rings is 1. The van der Waals surface area contributed by atoms with Gasteiger partial charge in [0, 0.05) is 12.1 Å². The lowest BCUT2D eigenvalue weighted by molar-refractivity contribution is -0.0703. The quantitative estimate of drug-likeness (QED) is 0.910. The Morgan fingerprint density at radius 1 is 1.30 bits per heavy atom. The van der Waals surface area contributed by atoms with Crippen molar-refractivity contribution in [1.82, 2.24) is 5.32 Å². The van der Waals surface area contributed by atoms with Crippen molar-refractivity contribution in [2.75, 3.05) is 7.11 Å². The van der Waals surface area contributed by atoms with Crippen LogP contribution in [0.2, 0.25) is 0 Å². The van der Waals surface area contributed by atoms with E-state index in [9.17, 15) is 0 Å². The first-order valence-electron chi connectivity index (χ1n) is 7.34. The lowest BCUT2D eigenvalue weighted by Crippen LogP contribution is -2.44. The third-order valence-corrected chi connectivity index (χ3v) is 4.12. The van der Waals surface area contributed by atoms with Gasteiger partial charge < -0.3 is 14.8 Å². The van der Waals surface area contributed by atoms with Gasteiger partial charge in [-0.15, -0.1) is 0 Å². The molecule has 1 saturated heterocycles. The molecule has 0 amide bonds. The largest absolute Gasteiger partial charge is 0.497 e. The highest BCUT2D eigenvalue weighted by atomic mass is 16.5. The fraction of sp³-hybridized carbons (Fsp3) is 0.647. The minimum atomic E-state index is -0.142. The van der Waals surface area contributed by atoms with Crippen LogP contribution in [0, 0.1) is 0 Å². The van der Waals surface area contributed by atoms with E-state index in [0.29, 0.717) is 6.04 Å². The Balaban J connectivity index is 2.09. The summed E-state index contributed by atoms with van der Waals surface area (Å²) in [5.74, 6) is 0.901. The van der Waals surface area contributed by atoms with Crippen LogP contribution in [0.4, 0.5) is 0 Å². The zero-order chi connectivity index (χ0) is 15.0. The Kier molecular flexibility index (Phi) is 4.12. The molecule has 0 aromatic heterocycles. The number of nitrogens with one attached hydrogen (secondary N) is 1. The Bertz CT molecular complexity index is 468. The minimum absolute atomic E-state index is 0.0603. The predicted octanol–water partition coefficient (Wildman–Crippen LogP) is 3.69. The normalized spacial score (nSPS) is 25.4. The molecule has 1 aromatic carbocycles. The van der Waals surface area contributed by atoms with Gasteiger partial charge in [0.05, 0.1) is 18.3 Å². The summed E-state index contributed by atoms with van der Waals surface area (Å²) in [5, 5.41) is 3.71. The summed E-state index contributed by atoms with van der Waals surface area (Å²) in [6, 6.07) is 8.85. The molecule has 0 radical (unpaired) electrons. The number of hydrogen-bond acceptors (Lipinski definition) is 3. The van der Waals surface area contributed by atoms with E-state index in [1.165, 1.54) is 5.56 Å². The van der Waals surface area contributed by atoms with E-state index < -0.39 is 0 Å². The highest BCUT2D eigenvalue weighted by molar-refractivity contribution is 5.30. The summed E-state index contributed by atoms with van der Waals surface area (Å²) < 4.78 is 11.4. The van der Waals surface area contributed by atoms with Crippen LogP contribution in [0.1, 0.15) is 52.6 Å². The first-order valence-corrected chi connectivity index (χ1v) is 7.34. The van der Waals surface area contributed by atoms with Crippen molar-refractivity contribution in [2.24, 2.45) is 0 Å². The highest BCUT2D eigenvalue weighted by Crippen LogP contribution is 2.38. The molecule has 1 heterocycles. The van der Waals surface area contributed by atoms with Gasteiger partial charge in [0.2, 0.25) is 0 Å². The molecule has 1 N–H and O–H groups in total. The van der Waals surface area contributed by atoms with Gasteiger partial charge in [0.1, 0.15) is 5.75 Å². The smallest absolute Gasteiger partial charge is 0.119 e. The minimum Gasteiger partial charge on any atom is -0.497 e. The average molecular weight is 277 g/mol. The van der Waals surface area contributed by atoms with Gasteiger partial charge in [-0.3, -0.25) is 0 Å². The van der Waals surface area contributed by atoms with Gasteiger partial charge in [0.25, 0.3) is 0 Å². The van der Waals surface area contributed by atoms with Crippen LogP contribution >= 0.6 is 0 Å². The lowest BCUT2D eigenvalue weighted by Gasteiger charge is -2.30. The fourth-order valence-electron chi connectivity index (χ4n) is 3.13. The van der Waals surface area contributed by atoms with E-state index in [0.717, 1.165) is 12.2 Å². The highest BCUT2D eigenvalue weighted by Gasteiger charge is 2.46. The topological polar surface area (TPSA) is 30.5 Å². The van der Waals surface area contributed by atoms with E-state index in [-0.39, 0.29) is 17.2 Å². The van der Waals surface area contributed by atoms with Crippen molar-refractivity contribution in [3.63, 3.8) is 0 Å². The van der Waals surface area contributed by atoms with Crippen LogP contribution in [-0.2, 0) is 4.74 Å². The molecular formula is C17H27NO2. The van der Waals surface area contributed by atoms with Gasteiger partial charge in [-0.25, -0.2) is 0 Å². The molecule has 1 unspecified atom stereocenters. The first kappa shape index (κ1) is 15.3. The molecule has 2 rings (SSSR count). The zero-order valence-corrected chi connectivity index (χ0v) is 13.5. The molecule has 112 valence electrons. The maximum absolute atomic E-state index is 6.14. The maximum Gasteiger partial charge on any atom is 0.119 e. The van der Waals surface area contributed by atoms with Crippen molar-refractivity contribution in [2.45, 2.75) is 64.3 Å². The monoisotopic (exact) mass is 277 g/mol. The van der Waals surface area contributed by atoms with Crippen LogP contribution < -0.4 is 10.1 Å². The van der Waals surface area contributed by atoms with Crippen LogP contribution in [-0.4, -0.2) is 24.4 Å². The van der Waals surface area contributed by atoms with E-state index in [1.54, 1.807) is 7.11 Å². The van der Waals surface area contributed by atoms with Crippen LogP contribution in [0.15, 0.2) is 24.3 Å². The second kappa shape index (κ2) is 5.38. The van der Waals surface area contributed by atoms with Crippen LogP contribution in [0.5, 0.6) is 5.75 Å². The molecule has 1 fully saturated rings. The summed E-state index contributed by atoms with van der Waals surface area (Å²) in [6.07, 6.45) is 1.02. The molecule has 3 heteroatoms. The Hall–Kier alpha value is -1.06. The molecule has 1 aliphatic heterocycles. The van der Waals surface area contributed by atoms with E-state index in [1.807, 2.05) is 12.1 Å². The summed E-state index contributed by atoms with van der Waals surface area (Å²) in [6.45, 7) is 10.8. The van der Waals surface area contributed by atoms with Gasteiger partial charge in [-0.1, -0.05) is 12.1 Å². The molecular weight excluding hydrogens is 250 g/mol. The number of rotatable bonds is 4. The Morgan fingerprint density at radius 3 is 2.55 bits per heavy atom. The summed E-state index contributed by atoms with van der Waals surface area (Å²) >= 11 is 0. The third-order valence-electron chi connectivity index (χ3n) is 4.12. The van der Waals surface area contributed by atoms with Crippen molar-refractivity contribution in [3.8, 4) is 5.75 Å². The van der Waals surface area contributed by atoms with Crippen LogP contribution in [0.3, 0.4) is 0 Å². The van der Waals surface area contributed by atoms with Crippen LogP contribution in [0.25, 0.3) is 0 Å². The molecule has 0 bridgehead atoms. The second-order valence-electron chi connectivity index (χ2n) is 6.89. The third kappa shape index (κ3) is 3.33. The molecule has 3 nitrogen and oxygen atoms in total. The standard InChI is InChI=1S/C17H27NO2/c1-12(13-8-7-9-14(10-13)19-6)18-15-11-16(2,3)20-17(15,4)5/h7-10,12,15,18H,11H2,1-6H3/t12-,15?/m0/s1. The Labute approximate surface area is 122 Å². The predicted molar refractivity (Wildman–Crippen MR) is 82.2 cm³/mol. The van der Waals surface area contributed by atoms with Crippen molar-refractivity contribution >= 4 is 0 Å². The van der Waals surface area contributed by atoms with Gasteiger partial charge in [-0.2, -0.15) is 0 Å². The number of ether oxygens (including phenoxy) is 2. The van der Waals surface area contributed by atoms with Gasteiger partial charge in [-0.05, 0) is 58.7 Å². The van der Waals surface area contributed by atoms with Crippen molar-refractivity contribution in [3.05, 3.63) is 29.8 Å². The molecule has 0 spiro atoms. The molecule has 1 aromatic rings. The SMILES string of the molecule is COc1cccc([C@H](C)NC2CC(C)(C)OC2(C)C)c1. The van der Waals surface area contributed by atoms with Crippen molar-refractivity contribution in [1.29, 1.82) is 0 Å². The fourth-order valence-corrected chi connectivity index (χ4v) is 3.13. The lowest BCUT2D eigenvalue weighted by atomic mass is 9.93. The van der Waals surface area contributed by atoms with E-state index >= 15 is 0 Å². The van der Waals surface area contributed by atoms with E-state index in [2.05, 4.69) is 52.1 Å². The molecule has 0 aliphatic carbocycles. The summed E-state index contributed by atoms with van der Waals surface area (Å²) in [5.41, 5.74) is 1.04. The average Bonchev–Trinajstić information content (AvgIpc) is 2.57. The first-order chi connectivity index (χ1) is 9.23. The molecule has 1 aliphatic rings. The zero-order valence-electron chi connectivity index (χ0n) is 13.5. The Morgan fingerprint density at radius 2 is 2.00 bits per heavy atom. The van der Waals surface area contributed by atoms with Gasteiger partial charge in [0.15, 0.2) is 0 Å². The van der Waals surface area contributed by atoms with Gasteiger partial charge >= 0.3 is 0 Å². The molecule has 2 atom stereocenters. The summed E-state index contributed by atoms with van der Waals surface area (Å²) in [7, 11) is 1.70. The molecule has 20 heavy (non-hydrogen) atoms. The summed E-state index contributed by atoms with van der Waals surface area (Å²) in [4.78, 5) is 0. The molecule has 0 saturated carbocycles. The maximum atomic E-state index is 6.14. The van der Waals surface area contributed by atoms with E-state index in [4.69, 9.17) is 9.47 Å². The van der Waals surface area contributed by atoms with Crippen molar-refractivity contribution < 1.29 is 9.47 Å².